The van der Waals surface area contributed by atoms with Crippen molar-refractivity contribution in [2.45, 2.75) is 38.6 Å². The Labute approximate surface area is 173 Å². The molecule has 3 N–H and O–H groups in total. The minimum absolute atomic E-state index is 0.0332. The molecular weight excluding hydrogens is 389 g/mol. The van der Waals surface area contributed by atoms with Gasteiger partial charge in [0.25, 0.3) is 0 Å². The quantitative estimate of drug-likeness (QED) is 0.729. The number of nitrogens with zero attached hydrogens (tertiary/aromatic N) is 2. The smallest absolute Gasteiger partial charge is 0.341 e. The zero-order valence-electron chi connectivity index (χ0n) is 17.2. The summed E-state index contributed by atoms with van der Waals surface area (Å²) in [6.45, 7) is 3.65. The molecule has 0 radical (unpaired) electrons. The first-order chi connectivity index (χ1) is 14.4. The number of nitrogens with two attached hydrogens (primary N) is 1. The van der Waals surface area contributed by atoms with Crippen molar-refractivity contribution >= 4 is 22.6 Å². The zero-order chi connectivity index (χ0) is 21.6. The summed E-state index contributed by atoms with van der Waals surface area (Å²) in [6, 6.07) is 1.24. The maximum atomic E-state index is 15.4. The highest BCUT2D eigenvalue weighted by Gasteiger charge is 2.32. The molecule has 0 unspecified atom stereocenters. The van der Waals surface area contributed by atoms with Crippen LogP contribution >= 0.6 is 0 Å². The number of benzene rings is 1. The van der Waals surface area contributed by atoms with Gasteiger partial charge in [0, 0.05) is 31.9 Å². The number of fused-ring (bicyclic) bond motifs is 1. The summed E-state index contributed by atoms with van der Waals surface area (Å²) < 4.78 is 22.8. The van der Waals surface area contributed by atoms with E-state index in [4.69, 9.17) is 10.5 Å². The fraction of sp³-hybridized carbons (Fsp3) is 0.455. The highest BCUT2D eigenvalue weighted by Crippen LogP contribution is 2.44. The maximum absolute atomic E-state index is 15.4. The van der Waals surface area contributed by atoms with Crippen LogP contribution in [0, 0.1) is 5.82 Å². The van der Waals surface area contributed by atoms with E-state index in [0.29, 0.717) is 30.8 Å². The Morgan fingerprint density at radius 1 is 1.40 bits per heavy atom. The summed E-state index contributed by atoms with van der Waals surface area (Å²) in [5, 5.41) is 9.48. The van der Waals surface area contributed by atoms with E-state index >= 15 is 4.39 Å². The number of anilines is 1. The number of aromatic nitrogens is 1. The van der Waals surface area contributed by atoms with E-state index in [1.807, 2.05) is 11.8 Å². The van der Waals surface area contributed by atoms with Gasteiger partial charge in [0.05, 0.1) is 18.0 Å². The molecule has 2 fully saturated rings. The van der Waals surface area contributed by atoms with E-state index in [1.54, 1.807) is 4.57 Å². The van der Waals surface area contributed by atoms with Crippen molar-refractivity contribution in [1.29, 1.82) is 0 Å². The van der Waals surface area contributed by atoms with Crippen LogP contribution in [0.1, 0.15) is 49.0 Å². The van der Waals surface area contributed by atoms with Gasteiger partial charge < -0.3 is 25.0 Å². The monoisotopic (exact) mass is 415 g/mol. The molecule has 0 bridgehead atoms. The van der Waals surface area contributed by atoms with Crippen molar-refractivity contribution in [2.75, 3.05) is 31.6 Å². The fourth-order valence-corrected chi connectivity index (χ4v) is 4.28. The Balaban J connectivity index is 1.97. The standard InChI is InChI=1S/C22H26FN3O4/c1-12(9-24)13-4-3-7-25(10-13)19-17(23)8-15-18(21(19)30-2)26(14-5-6-14)11-16(20(15)27)22(28)29/h8,11,14H,3-7,9-10,24H2,1-2H3,(H,28,29)/b13-12-. The van der Waals surface area contributed by atoms with Gasteiger partial charge in [-0.25, -0.2) is 9.18 Å². The molecule has 0 atom stereocenters. The van der Waals surface area contributed by atoms with Crippen molar-refractivity contribution in [3.63, 3.8) is 0 Å². The van der Waals surface area contributed by atoms with Crippen LogP contribution in [0.15, 0.2) is 28.2 Å². The van der Waals surface area contributed by atoms with Crippen LogP contribution in [0.25, 0.3) is 10.9 Å². The number of aromatic carboxylic acids is 1. The van der Waals surface area contributed by atoms with Gasteiger partial charge in [-0.1, -0.05) is 11.1 Å². The number of halogens is 1. The van der Waals surface area contributed by atoms with E-state index in [1.165, 1.54) is 18.9 Å². The first kappa shape index (κ1) is 20.4. The molecule has 0 amide bonds. The lowest BCUT2D eigenvalue weighted by Crippen LogP contribution is -2.33. The molecule has 2 aromatic rings. The minimum atomic E-state index is -1.32. The van der Waals surface area contributed by atoms with E-state index in [9.17, 15) is 14.7 Å². The molecule has 1 saturated heterocycles. The number of piperidine rings is 1. The number of hydrogen-bond donors (Lipinski definition) is 2. The summed E-state index contributed by atoms with van der Waals surface area (Å²) in [6.07, 6.45) is 4.90. The van der Waals surface area contributed by atoms with Crippen LogP contribution in [0.5, 0.6) is 5.75 Å². The molecule has 1 aromatic heterocycles. The fourth-order valence-electron chi connectivity index (χ4n) is 4.28. The molecule has 1 saturated carbocycles. The van der Waals surface area contributed by atoms with Crippen LogP contribution in [-0.2, 0) is 0 Å². The molecule has 1 aliphatic heterocycles. The van der Waals surface area contributed by atoms with Crippen molar-refractivity contribution in [3.05, 3.63) is 45.0 Å². The third-order valence-electron chi connectivity index (χ3n) is 6.09. The SMILES string of the molecule is COc1c(N2CCC/C(=C(\C)CN)C2)c(F)cc2c(=O)c(C(=O)O)cn(C3CC3)c12. The number of methoxy groups -OCH3 is 1. The number of carbonyl (C=O) groups is 1. The van der Waals surface area contributed by atoms with E-state index in [-0.39, 0.29) is 22.7 Å². The van der Waals surface area contributed by atoms with Crippen LogP contribution < -0.4 is 20.8 Å². The normalized spacial score (nSPS) is 18.6. The largest absolute Gasteiger partial charge is 0.492 e. The maximum Gasteiger partial charge on any atom is 0.341 e. The summed E-state index contributed by atoms with van der Waals surface area (Å²) in [7, 11) is 1.45. The molecule has 0 spiro atoms. The van der Waals surface area contributed by atoms with E-state index < -0.39 is 17.2 Å². The molecule has 2 heterocycles. The molecule has 160 valence electrons. The average Bonchev–Trinajstić information content (AvgIpc) is 3.58. The number of carboxylic acids is 1. The molecule has 2 aliphatic rings. The molecule has 1 aliphatic carbocycles. The first-order valence-corrected chi connectivity index (χ1v) is 10.2. The molecule has 30 heavy (non-hydrogen) atoms. The minimum Gasteiger partial charge on any atom is -0.492 e. The topological polar surface area (TPSA) is 97.8 Å². The first-order valence-electron chi connectivity index (χ1n) is 10.2. The third-order valence-corrected chi connectivity index (χ3v) is 6.09. The highest BCUT2D eigenvalue weighted by molar-refractivity contribution is 5.97. The van der Waals surface area contributed by atoms with Gasteiger partial charge in [-0.2, -0.15) is 0 Å². The Bertz CT molecular complexity index is 1120. The van der Waals surface area contributed by atoms with Crippen LogP contribution in [0.4, 0.5) is 10.1 Å². The second-order valence-corrected chi connectivity index (χ2v) is 8.07. The van der Waals surface area contributed by atoms with Gasteiger partial charge in [0.1, 0.15) is 11.3 Å². The van der Waals surface area contributed by atoms with Gasteiger partial charge in [0.15, 0.2) is 11.6 Å². The average molecular weight is 415 g/mol. The van der Waals surface area contributed by atoms with Crippen molar-refractivity contribution in [3.8, 4) is 5.75 Å². The number of ether oxygens (including phenoxy) is 1. The lowest BCUT2D eigenvalue weighted by molar-refractivity contribution is 0.0695. The Morgan fingerprint density at radius 3 is 2.73 bits per heavy atom. The highest BCUT2D eigenvalue weighted by atomic mass is 19.1. The summed E-state index contributed by atoms with van der Waals surface area (Å²) >= 11 is 0. The second-order valence-electron chi connectivity index (χ2n) is 8.07. The van der Waals surface area contributed by atoms with Crippen LogP contribution in [0.3, 0.4) is 0 Å². The van der Waals surface area contributed by atoms with Crippen molar-refractivity contribution in [1.82, 2.24) is 4.57 Å². The van der Waals surface area contributed by atoms with E-state index in [0.717, 1.165) is 37.3 Å². The lowest BCUT2D eigenvalue weighted by Gasteiger charge is -2.33. The van der Waals surface area contributed by atoms with Crippen molar-refractivity contribution in [2.24, 2.45) is 5.73 Å². The Kier molecular flexibility index (Phi) is 5.27. The van der Waals surface area contributed by atoms with Gasteiger partial charge in [-0.3, -0.25) is 4.79 Å². The van der Waals surface area contributed by atoms with Crippen LogP contribution in [-0.4, -0.2) is 42.4 Å². The van der Waals surface area contributed by atoms with Gasteiger partial charge in [-0.05, 0) is 38.7 Å². The predicted molar refractivity (Wildman–Crippen MR) is 113 cm³/mol. The zero-order valence-corrected chi connectivity index (χ0v) is 17.2. The molecule has 8 heteroatoms. The van der Waals surface area contributed by atoms with Crippen molar-refractivity contribution < 1.29 is 19.0 Å². The number of pyridine rings is 1. The van der Waals surface area contributed by atoms with Crippen LogP contribution in [0.2, 0.25) is 0 Å². The predicted octanol–water partition coefficient (Wildman–Crippen LogP) is 3.06. The number of carboxylic acid groups (broad SMARTS) is 1. The molecule has 1 aromatic carbocycles. The van der Waals surface area contributed by atoms with Gasteiger partial charge >= 0.3 is 5.97 Å². The van der Waals surface area contributed by atoms with Gasteiger partial charge in [0.2, 0.25) is 5.43 Å². The number of hydrogen-bond acceptors (Lipinski definition) is 5. The number of rotatable bonds is 5. The summed E-state index contributed by atoms with van der Waals surface area (Å²) in [5.74, 6) is -1.63. The van der Waals surface area contributed by atoms with E-state index in [2.05, 4.69) is 0 Å². The third kappa shape index (κ3) is 3.35. The lowest BCUT2D eigenvalue weighted by atomic mass is 9.98. The summed E-state index contributed by atoms with van der Waals surface area (Å²) in [5.41, 5.74) is 7.80. The Morgan fingerprint density at radius 2 is 2.13 bits per heavy atom. The second kappa shape index (κ2) is 7.75. The summed E-state index contributed by atoms with van der Waals surface area (Å²) in [4.78, 5) is 26.3. The van der Waals surface area contributed by atoms with Gasteiger partial charge in [-0.15, -0.1) is 0 Å². The Hall–Kier alpha value is -2.87. The molecule has 7 nitrogen and oxygen atoms in total. The molecular formula is C22H26FN3O4. The molecule has 4 rings (SSSR count).